The number of aromatic nitrogens is 1. The Bertz CT molecular complexity index is 757. The minimum absolute atomic E-state index is 0.265. The molecule has 25 heavy (non-hydrogen) atoms. The molecule has 2 rings (SSSR count). The molecule has 0 spiro atoms. The van der Waals surface area contributed by atoms with Crippen LogP contribution in [0.15, 0.2) is 54.9 Å². The zero-order valence-corrected chi connectivity index (χ0v) is 14.2. The van der Waals surface area contributed by atoms with Crippen LogP contribution in [0.25, 0.3) is 5.57 Å². The van der Waals surface area contributed by atoms with E-state index >= 15 is 0 Å². The van der Waals surface area contributed by atoms with Crippen molar-refractivity contribution in [2.45, 2.75) is 13.8 Å². The Morgan fingerprint density at radius 3 is 2.44 bits per heavy atom. The van der Waals surface area contributed by atoms with E-state index in [9.17, 15) is 9.59 Å². The molecule has 0 atom stereocenters. The van der Waals surface area contributed by atoms with Gasteiger partial charge in [-0.25, -0.2) is 14.6 Å². The maximum Gasteiger partial charge on any atom is 0.341 e. The van der Waals surface area contributed by atoms with Gasteiger partial charge in [0.2, 0.25) is 0 Å². The summed E-state index contributed by atoms with van der Waals surface area (Å²) < 4.78 is 10.1. The number of carbonyl (C=O) groups excluding carboxylic acids is 2. The molecule has 1 heterocycles. The van der Waals surface area contributed by atoms with E-state index in [1.54, 1.807) is 44.3 Å². The van der Waals surface area contributed by atoms with Gasteiger partial charge in [0.15, 0.2) is 0 Å². The summed E-state index contributed by atoms with van der Waals surface area (Å²) in [5, 5.41) is 2.92. The van der Waals surface area contributed by atoms with Crippen molar-refractivity contribution in [3.8, 4) is 0 Å². The molecule has 0 aliphatic heterocycles. The quantitative estimate of drug-likeness (QED) is 0.616. The molecule has 0 aliphatic rings. The van der Waals surface area contributed by atoms with Crippen molar-refractivity contribution in [3.63, 3.8) is 0 Å². The summed E-state index contributed by atoms with van der Waals surface area (Å²) in [6.07, 6.45) is 3.03. The Morgan fingerprint density at radius 2 is 1.76 bits per heavy atom. The molecule has 6 heteroatoms. The summed E-state index contributed by atoms with van der Waals surface area (Å²) in [7, 11) is 0. The third-order valence-corrected chi connectivity index (χ3v) is 3.24. The van der Waals surface area contributed by atoms with Crippen molar-refractivity contribution in [1.29, 1.82) is 0 Å². The number of pyridine rings is 1. The van der Waals surface area contributed by atoms with E-state index < -0.39 is 11.9 Å². The minimum Gasteiger partial charge on any atom is -0.462 e. The van der Waals surface area contributed by atoms with Crippen molar-refractivity contribution in [2.75, 3.05) is 18.5 Å². The molecule has 0 radical (unpaired) electrons. The second-order valence-corrected chi connectivity index (χ2v) is 4.91. The van der Waals surface area contributed by atoms with Crippen LogP contribution < -0.4 is 5.32 Å². The third-order valence-electron chi connectivity index (χ3n) is 3.24. The summed E-state index contributed by atoms with van der Waals surface area (Å²) in [6.45, 7) is 4.00. The minimum atomic E-state index is -0.483. The van der Waals surface area contributed by atoms with Crippen molar-refractivity contribution in [2.24, 2.45) is 0 Å². The van der Waals surface area contributed by atoms with Crippen LogP contribution in [-0.4, -0.2) is 30.1 Å². The summed E-state index contributed by atoms with van der Waals surface area (Å²) in [5.41, 5.74) is 1.32. The van der Waals surface area contributed by atoms with E-state index in [4.69, 9.17) is 9.47 Å². The molecule has 0 bridgehead atoms. The maximum absolute atomic E-state index is 12.2. The standard InChI is InChI=1S/C19H20N2O4/c1-3-24-18(22)15-11-8-12-20-17(15)21-13-16(19(23)25-4-2)14-9-6-5-7-10-14/h5-13H,3-4H2,1-2H3,(H,20,21)/b16-13+. The molecule has 0 unspecified atom stereocenters. The van der Waals surface area contributed by atoms with Crippen LogP contribution in [0.3, 0.4) is 0 Å². The molecular formula is C19H20N2O4. The zero-order valence-electron chi connectivity index (χ0n) is 14.2. The van der Waals surface area contributed by atoms with Crippen LogP contribution in [-0.2, 0) is 14.3 Å². The highest BCUT2D eigenvalue weighted by atomic mass is 16.5. The van der Waals surface area contributed by atoms with Gasteiger partial charge in [0, 0.05) is 12.4 Å². The molecule has 130 valence electrons. The van der Waals surface area contributed by atoms with Crippen LogP contribution in [0.2, 0.25) is 0 Å². The molecule has 0 amide bonds. The lowest BCUT2D eigenvalue weighted by molar-refractivity contribution is -0.136. The van der Waals surface area contributed by atoms with Crippen LogP contribution in [0.1, 0.15) is 29.8 Å². The van der Waals surface area contributed by atoms with E-state index in [0.29, 0.717) is 17.0 Å². The molecule has 1 aromatic carbocycles. The van der Waals surface area contributed by atoms with Gasteiger partial charge in [-0.3, -0.25) is 0 Å². The lowest BCUT2D eigenvalue weighted by Crippen LogP contribution is -2.11. The van der Waals surface area contributed by atoms with Gasteiger partial charge >= 0.3 is 11.9 Å². The van der Waals surface area contributed by atoms with Gasteiger partial charge in [-0.1, -0.05) is 30.3 Å². The molecule has 0 saturated heterocycles. The molecular weight excluding hydrogens is 320 g/mol. The topological polar surface area (TPSA) is 77.5 Å². The average Bonchev–Trinajstić information content (AvgIpc) is 2.63. The molecule has 1 N–H and O–H groups in total. The number of esters is 2. The normalized spacial score (nSPS) is 10.9. The first-order valence-electron chi connectivity index (χ1n) is 7.98. The first-order chi connectivity index (χ1) is 12.2. The van der Waals surface area contributed by atoms with Crippen molar-refractivity contribution in [3.05, 3.63) is 66.0 Å². The van der Waals surface area contributed by atoms with Gasteiger partial charge in [-0.2, -0.15) is 0 Å². The third kappa shape index (κ3) is 4.91. The van der Waals surface area contributed by atoms with Crippen LogP contribution >= 0.6 is 0 Å². The number of hydrogen-bond acceptors (Lipinski definition) is 6. The predicted molar refractivity (Wildman–Crippen MR) is 94.9 cm³/mol. The van der Waals surface area contributed by atoms with Gasteiger partial charge < -0.3 is 14.8 Å². The fourth-order valence-corrected chi connectivity index (χ4v) is 2.12. The fraction of sp³-hybridized carbons (Fsp3) is 0.211. The van der Waals surface area contributed by atoms with Crippen LogP contribution in [0.4, 0.5) is 5.82 Å². The summed E-state index contributed by atoms with van der Waals surface area (Å²) in [6, 6.07) is 12.4. The van der Waals surface area contributed by atoms with E-state index in [2.05, 4.69) is 10.3 Å². The van der Waals surface area contributed by atoms with E-state index in [0.717, 1.165) is 0 Å². The van der Waals surface area contributed by atoms with Gasteiger partial charge in [0.1, 0.15) is 11.4 Å². The second-order valence-electron chi connectivity index (χ2n) is 4.91. The molecule has 6 nitrogen and oxygen atoms in total. The Kier molecular flexibility index (Phi) is 6.71. The van der Waals surface area contributed by atoms with E-state index in [1.807, 2.05) is 18.2 Å². The number of carbonyl (C=O) groups is 2. The van der Waals surface area contributed by atoms with Crippen molar-refractivity contribution in [1.82, 2.24) is 4.98 Å². The number of hydrogen-bond donors (Lipinski definition) is 1. The van der Waals surface area contributed by atoms with Gasteiger partial charge in [-0.05, 0) is 31.5 Å². The van der Waals surface area contributed by atoms with Crippen LogP contribution in [0, 0.1) is 0 Å². The Balaban J connectivity index is 2.33. The van der Waals surface area contributed by atoms with E-state index in [1.165, 1.54) is 6.20 Å². The van der Waals surface area contributed by atoms with Crippen LogP contribution in [0.5, 0.6) is 0 Å². The Morgan fingerprint density at radius 1 is 1.04 bits per heavy atom. The van der Waals surface area contributed by atoms with E-state index in [-0.39, 0.29) is 18.8 Å². The number of rotatable bonds is 7. The summed E-state index contributed by atoms with van der Waals surface area (Å²) in [4.78, 5) is 28.4. The predicted octanol–water partition coefficient (Wildman–Crippen LogP) is 3.27. The smallest absolute Gasteiger partial charge is 0.341 e. The highest BCUT2D eigenvalue weighted by Crippen LogP contribution is 2.18. The zero-order chi connectivity index (χ0) is 18.1. The Labute approximate surface area is 146 Å². The highest BCUT2D eigenvalue weighted by molar-refractivity contribution is 6.16. The molecule has 1 aromatic heterocycles. The largest absolute Gasteiger partial charge is 0.462 e. The first-order valence-corrected chi connectivity index (χ1v) is 7.98. The molecule has 2 aromatic rings. The molecule has 0 aliphatic carbocycles. The molecule has 0 fully saturated rings. The fourth-order valence-electron chi connectivity index (χ4n) is 2.12. The average molecular weight is 340 g/mol. The monoisotopic (exact) mass is 340 g/mol. The molecule has 0 saturated carbocycles. The second kappa shape index (κ2) is 9.22. The number of benzene rings is 1. The summed E-state index contributed by atoms with van der Waals surface area (Å²) in [5.74, 6) is -0.641. The maximum atomic E-state index is 12.2. The van der Waals surface area contributed by atoms with Crippen molar-refractivity contribution < 1.29 is 19.1 Å². The van der Waals surface area contributed by atoms with Gasteiger partial charge in [0.25, 0.3) is 0 Å². The Hall–Kier alpha value is -3.15. The summed E-state index contributed by atoms with van der Waals surface area (Å²) >= 11 is 0. The van der Waals surface area contributed by atoms with Crippen molar-refractivity contribution >= 4 is 23.3 Å². The highest BCUT2D eigenvalue weighted by Gasteiger charge is 2.15. The van der Waals surface area contributed by atoms with Gasteiger partial charge in [0.05, 0.1) is 18.8 Å². The van der Waals surface area contributed by atoms with Gasteiger partial charge in [-0.15, -0.1) is 0 Å². The number of nitrogens with zero attached hydrogens (tertiary/aromatic N) is 1. The number of anilines is 1. The lowest BCUT2D eigenvalue weighted by Gasteiger charge is -2.10. The first kappa shape index (κ1) is 18.2. The number of ether oxygens (including phenoxy) is 2. The lowest BCUT2D eigenvalue weighted by atomic mass is 10.1. The SMILES string of the molecule is CCOC(=O)/C(=C/Nc1ncccc1C(=O)OCC)c1ccccc1. The number of nitrogens with one attached hydrogen (secondary N) is 1.